The summed E-state index contributed by atoms with van der Waals surface area (Å²) < 4.78 is 0. The van der Waals surface area contributed by atoms with Crippen molar-refractivity contribution in [1.29, 1.82) is 0 Å². The molecule has 0 aromatic heterocycles. The summed E-state index contributed by atoms with van der Waals surface area (Å²) in [5, 5.41) is 1.06. The molecule has 8 heavy (non-hydrogen) atoms. The average molecular weight is 244 g/mol. The van der Waals surface area contributed by atoms with Crippen molar-refractivity contribution in [3.8, 4) is 0 Å². The zero-order valence-electron chi connectivity index (χ0n) is 5.32. The van der Waals surface area contributed by atoms with Crippen LogP contribution in [0.2, 0.25) is 0 Å². The van der Waals surface area contributed by atoms with Crippen LogP contribution in [0.5, 0.6) is 0 Å². The maximum atomic E-state index is 3.56. The Morgan fingerprint density at radius 2 is 2.00 bits per heavy atom. The second kappa shape index (κ2) is 4.80. The Morgan fingerprint density at radius 1 is 1.50 bits per heavy atom. The summed E-state index contributed by atoms with van der Waals surface area (Å²) in [6.45, 7) is 4.46. The number of rotatable bonds is 3. The molecule has 0 amide bonds. The zero-order chi connectivity index (χ0) is 6.57. The van der Waals surface area contributed by atoms with Gasteiger partial charge in [0.2, 0.25) is 0 Å². The van der Waals surface area contributed by atoms with Gasteiger partial charge in [-0.2, -0.15) is 0 Å². The van der Waals surface area contributed by atoms with Gasteiger partial charge in [0.25, 0.3) is 0 Å². The number of hydrogen-bond donors (Lipinski definition) is 0. The molecule has 0 radical (unpaired) electrons. The van der Waals surface area contributed by atoms with Gasteiger partial charge in [0, 0.05) is 10.2 Å². The van der Waals surface area contributed by atoms with Crippen LogP contribution in [0, 0.1) is 5.92 Å². The largest absolute Gasteiger partial charge is 0.0916 e. The van der Waals surface area contributed by atoms with Crippen LogP contribution in [-0.2, 0) is 0 Å². The maximum Gasteiger partial charge on any atom is 0.0268 e. The number of halogens is 2. The molecule has 50 valence electrons. The molecular weight excluding hydrogens is 232 g/mol. The standard InChI is InChI=1S/C6H12Br2/c1-3-5(2)6(8)4-7/h5-6H,3-4H2,1-2H3. The van der Waals surface area contributed by atoms with Crippen LogP contribution in [0.1, 0.15) is 20.3 Å². The molecule has 2 atom stereocenters. The predicted octanol–water partition coefficient (Wildman–Crippen LogP) is 3.19. The summed E-state index contributed by atoms with van der Waals surface area (Å²) in [5.41, 5.74) is 0. The van der Waals surface area contributed by atoms with E-state index in [2.05, 4.69) is 45.7 Å². The third kappa shape index (κ3) is 3.08. The highest BCUT2D eigenvalue weighted by Crippen LogP contribution is 2.17. The number of hydrogen-bond acceptors (Lipinski definition) is 0. The summed E-state index contributed by atoms with van der Waals surface area (Å²) in [6, 6.07) is 0. The molecule has 0 rings (SSSR count). The molecule has 0 fully saturated rings. The van der Waals surface area contributed by atoms with Crippen LogP contribution in [0.4, 0.5) is 0 Å². The van der Waals surface area contributed by atoms with Crippen LogP contribution in [0.15, 0.2) is 0 Å². The quantitative estimate of drug-likeness (QED) is 0.668. The number of alkyl halides is 2. The summed E-state index contributed by atoms with van der Waals surface area (Å²) in [6.07, 6.45) is 1.25. The first-order valence-electron chi connectivity index (χ1n) is 2.92. The van der Waals surface area contributed by atoms with Gasteiger partial charge in [0.05, 0.1) is 0 Å². The fourth-order valence-electron chi connectivity index (χ4n) is 0.408. The highest BCUT2D eigenvalue weighted by Gasteiger charge is 2.08. The fraction of sp³-hybridized carbons (Fsp3) is 1.00. The molecular formula is C6H12Br2. The minimum absolute atomic E-state index is 0.646. The summed E-state index contributed by atoms with van der Waals surface area (Å²) in [4.78, 5) is 0.646. The Labute approximate surface area is 68.3 Å². The molecule has 2 heteroatoms. The average Bonchev–Trinajstić information content (AvgIpc) is 1.84. The van der Waals surface area contributed by atoms with Crippen molar-refractivity contribution in [3.63, 3.8) is 0 Å². The molecule has 0 nitrogen and oxygen atoms in total. The second-order valence-electron chi connectivity index (χ2n) is 2.06. The van der Waals surface area contributed by atoms with Crippen LogP contribution >= 0.6 is 31.9 Å². The van der Waals surface area contributed by atoms with Gasteiger partial charge < -0.3 is 0 Å². The van der Waals surface area contributed by atoms with Gasteiger partial charge in [0.1, 0.15) is 0 Å². The van der Waals surface area contributed by atoms with E-state index >= 15 is 0 Å². The summed E-state index contributed by atoms with van der Waals surface area (Å²) >= 11 is 6.96. The molecule has 0 N–H and O–H groups in total. The molecule has 0 heterocycles. The Kier molecular flexibility index (Phi) is 5.38. The first kappa shape index (κ1) is 8.96. The maximum absolute atomic E-state index is 3.56. The smallest absolute Gasteiger partial charge is 0.0268 e. The van der Waals surface area contributed by atoms with E-state index in [9.17, 15) is 0 Å². The van der Waals surface area contributed by atoms with Gasteiger partial charge >= 0.3 is 0 Å². The van der Waals surface area contributed by atoms with E-state index in [1.54, 1.807) is 0 Å². The lowest BCUT2D eigenvalue weighted by Crippen LogP contribution is -2.10. The van der Waals surface area contributed by atoms with Gasteiger partial charge in [-0.1, -0.05) is 52.1 Å². The van der Waals surface area contributed by atoms with Gasteiger partial charge in [0.15, 0.2) is 0 Å². The molecule has 0 bridgehead atoms. The van der Waals surface area contributed by atoms with Crippen molar-refractivity contribution < 1.29 is 0 Å². The Morgan fingerprint density at radius 3 is 2.12 bits per heavy atom. The van der Waals surface area contributed by atoms with Gasteiger partial charge in [-0.25, -0.2) is 0 Å². The predicted molar refractivity (Wildman–Crippen MR) is 46.0 cm³/mol. The van der Waals surface area contributed by atoms with E-state index in [-0.39, 0.29) is 0 Å². The van der Waals surface area contributed by atoms with Crippen molar-refractivity contribution in [3.05, 3.63) is 0 Å². The highest BCUT2D eigenvalue weighted by molar-refractivity contribution is 9.12. The monoisotopic (exact) mass is 242 g/mol. The lowest BCUT2D eigenvalue weighted by molar-refractivity contribution is 0.570. The first-order valence-corrected chi connectivity index (χ1v) is 4.96. The first-order chi connectivity index (χ1) is 3.72. The van der Waals surface area contributed by atoms with Crippen LogP contribution in [-0.4, -0.2) is 10.2 Å². The van der Waals surface area contributed by atoms with Crippen molar-refractivity contribution in [1.82, 2.24) is 0 Å². The molecule has 0 aliphatic heterocycles. The molecule has 0 saturated heterocycles. The van der Waals surface area contributed by atoms with Crippen molar-refractivity contribution in [2.75, 3.05) is 5.33 Å². The lowest BCUT2D eigenvalue weighted by Gasteiger charge is -2.11. The van der Waals surface area contributed by atoms with E-state index in [1.807, 2.05) is 0 Å². The topological polar surface area (TPSA) is 0 Å². The summed E-state index contributed by atoms with van der Waals surface area (Å²) in [7, 11) is 0. The van der Waals surface area contributed by atoms with E-state index in [1.165, 1.54) is 6.42 Å². The van der Waals surface area contributed by atoms with E-state index < -0.39 is 0 Å². The third-order valence-electron chi connectivity index (χ3n) is 1.41. The Balaban J connectivity index is 3.29. The summed E-state index contributed by atoms with van der Waals surface area (Å²) in [5.74, 6) is 0.786. The van der Waals surface area contributed by atoms with Gasteiger partial charge in [-0.3, -0.25) is 0 Å². The molecule has 0 aromatic carbocycles. The Bertz CT molecular complexity index is 46.5. The van der Waals surface area contributed by atoms with Crippen LogP contribution < -0.4 is 0 Å². The van der Waals surface area contributed by atoms with E-state index in [4.69, 9.17) is 0 Å². The molecule has 0 aliphatic carbocycles. The Hall–Kier alpha value is 0.960. The van der Waals surface area contributed by atoms with E-state index in [0.29, 0.717) is 4.83 Å². The van der Waals surface area contributed by atoms with Crippen LogP contribution in [0.25, 0.3) is 0 Å². The van der Waals surface area contributed by atoms with E-state index in [0.717, 1.165) is 11.2 Å². The van der Waals surface area contributed by atoms with Crippen molar-refractivity contribution in [2.45, 2.75) is 25.1 Å². The second-order valence-corrected chi connectivity index (χ2v) is 3.88. The molecule has 0 aliphatic rings. The van der Waals surface area contributed by atoms with Crippen LogP contribution in [0.3, 0.4) is 0 Å². The SMILES string of the molecule is CCC(C)C(Br)CBr. The minimum atomic E-state index is 0.646. The lowest BCUT2D eigenvalue weighted by atomic mass is 10.1. The molecule has 2 unspecified atom stereocenters. The van der Waals surface area contributed by atoms with Gasteiger partial charge in [-0.05, 0) is 5.92 Å². The fourth-order valence-corrected chi connectivity index (χ4v) is 1.42. The third-order valence-corrected chi connectivity index (χ3v) is 4.20. The molecule has 0 saturated carbocycles. The minimum Gasteiger partial charge on any atom is -0.0916 e. The zero-order valence-corrected chi connectivity index (χ0v) is 8.50. The van der Waals surface area contributed by atoms with Crippen molar-refractivity contribution >= 4 is 31.9 Å². The van der Waals surface area contributed by atoms with Crippen molar-refractivity contribution in [2.24, 2.45) is 5.92 Å². The highest BCUT2D eigenvalue weighted by atomic mass is 79.9. The van der Waals surface area contributed by atoms with Gasteiger partial charge in [-0.15, -0.1) is 0 Å². The molecule has 0 spiro atoms. The molecule has 0 aromatic rings. The normalized spacial score (nSPS) is 18.0.